The van der Waals surface area contributed by atoms with Gasteiger partial charge in [-0.25, -0.2) is 0 Å². The van der Waals surface area contributed by atoms with Crippen molar-refractivity contribution in [3.63, 3.8) is 0 Å². The highest BCUT2D eigenvalue weighted by molar-refractivity contribution is 7.98. The first-order chi connectivity index (χ1) is 23.1. The Kier molecular flexibility index (Phi) is 12.6. The van der Waals surface area contributed by atoms with Crippen molar-refractivity contribution in [3.8, 4) is 34.1 Å². The molecule has 0 aliphatic heterocycles. The molecule has 258 valence electrons. The van der Waals surface area contributed by atoms with Gasteiger partial charge in [0.25, 0.3) is 0 Å². The molecule has 0 unspecified atom stereocenters. The Morgan fingerprint density at radius 3 is 2.23 bits per heavy atom. The van der Waals surface area contributed by atoms with Crippen molar-refractivity contribution in [2.24, 2.45) is 5.92 Å². The highest BCUT2D eigenvalue weighted by atomic mass is 32.2. The summed E-state index contributed by atoms with van der Waals surface area (Å²) in [5, 5.41) is 9.54. The number of nitrogens with one attached hydrogen (secondary N) is 3. The Balaban J connectivity index is 1.79. The molecule has 1 aliphatic rings. The number of anilines is 1. The lowest BCUT2D eigenvalue weighted by Crippen LogP contribution is -2.43. The number of amides is 2. The van der Waals surface area contributed by atoms with E-state index in [1.165, 1.54) is 6.92 Å². The highest BCUT2D eigenvalue weighted by Crippen LogP contribution is 2.50. The number of thioether (sulfide) groups is 1. The Bertz CT molecular complexity index is 1660. The summed E-state index contributed by atoms with van der Waals surface area (Å²) in [4.78, 5) is 40.2. The zero-order chi connectivity index (χ0) is 35.0. The first kappa shape index (κ1) is 36.5. The molecule has 0 saturated heterocycles. The Labute approximate surface area is 287 Å². The number of carbonyl (C=O) groups is 2. The fraction of sp³-hybridized carbons (Fsp3) is 0.432. The number of hydrogen-bond acceptors (Lipinski definition) is 9. The summed E-state index contributed by atoms with van der Waals surface area (Å²) in [6.45, 7) is 5.58. The molecule has 11 heteroatoms. The molecule has 0 heterocycles. The van der Waals surface area contributed by atoms with E-state index in [0.717, 1.165) is 22.4 Å². The first-order valence-corrected chi connectivity index (χ1v) is 17.4. The molecular weight excluding hydrogens is 630 g/mol. The highest BCUT2D eigenvalue weighted by Gasteiger charge is 2.30. The van der Waals surface area contributed by atoms with Crippen LogP contribution in [0.25, 0.3) is 11.1 Å². The molecule has 0 spiro atoms. The molecule has 10 nitrogen and oxygen atoms in total. The number of aryl methyl sites for hydroxylation is 1. The van der Waals surface area contributed by atoms with Gasteiger partial charge in [0.2, 0.25) is 23.0 Å². The van der Waals surface area contributed by atoms with Gasteiger partial charge in [0, 0.05) is 12.5 Å². The van der Waals surface area contributed by atoms with Gasteiger partial charge in [-0.1, -0.05) is 32.0 Å². The number of carbonyl (C=O) groups excluding carboxylic acids is 2. The zero-order valence-corrected chi connectivity index (χ0v) is 29.8. The van der Waals surface area contributed by atoms with Crippen molar-refractivity contribution < 1.29 is 28.5 Å². The number of fused-ring (bicyclic) bond motifs is 3. The maximum Gasteiger partial charge on any atom is 0.243 e. The van der Waals surface area contributed by atoms with Crippen LogP contribution in [0.3, 0.4) is 0 Å². The molecular formula is C37H47N3O7S. The third kappa shape index (κ3) is 8.18. The topological polar surface area (TPSA) is 124 Å². The van der Waals surface area contributed by atoms with Gasteiger partial charge in [0.1, 0.15) is 11.8 Å². The molecule has 0 aromatic heterocycles. The van der Waals surface area contributed by atoms with E-state index in [4.69, 9.17) is 18.9 Å². The molecule has 0 saturated carbocycles. The van der Waals surface area contributed by atoms with Crippen LogP contribution >= 0.6 is 11.8 Å². The molecule has 1 aliphatic carbocycles. The van der Waals surface area contributed by atoms with Gasteiger partial charge < -0.3 is 34.9 Å². The zero-order valence-electron chi connectivity index (χ0n) is 29.0. The quantitative estimate of drug-likeness (QED) is 0.191. The largest absolute Gasteiger partial charge is 0.497 e. The van der Waals surface area contributed by atoms with Crippen LogP contribution in [0.5, 0.6) is 23.0 Å². The van der Waals surface area contributed by atoms with Gasteiger partial charge >= 0.3 is 0 Å². The number of rotatable bonds is 14. The SMILES string of the molecule is COc1ccc([C@H](NC(=O)[C@H](CCSC)Nc2ccc3c(cc2=O)[C@@H](NC(C)=O)CCc2cc(OC)c(OC)c(OC)c2-3)C(C)C)cc1. The molecule has 3 N–H and O–H groups in total. The average molecular weight is 678 g/mol. The minimum Gasteiger partial charge on any atom is -0.497 e. The van der Waals surface area contributed by atoms with Gasteiger partial charge in [-0.15, -0.1) is 0 Å². The number of methoxy groups -OCH3 is 4. The van der Waals surface area contributed by atoms with E-state index >= 15 is 0 Å². The minimum atomic E-state index is -0.677. The molecule has 3 aromatic rings. The molecule has 48 heavy (non-hydrogen) atoms. The summed E-state index contributed by atoms with van der Waals surface area (Å²) in [6, 6.07) is 13.3. The van der Waals surface area contributed by atoms with Crippen LogP contribution in [0, 0.1) is 5.92 Å². The molecule has 3 aromatic carbocycles. The van der Waals surface area contributed by atoms with E-state index in [9.17, 15) is 14.4 Å². The normalized spacial score (nSPS) is 14.8. The van der Waals surface area contributed by atoms with Crippen LogP contribution in [0.2, 0.25) is 0 Å². The second-order valence-corrected chi connectivity index (χ2v) is 13.1. The van der Waals surface area contributed by atoms with Crippen LogP contribution in [-0.4, -0.2) is 58.3 Å². The smallest absolute Gasteiger partial charge is 0.243 e. The van der Waals surface area contributed by atoms with Crippen LogP contribution in [0.1, 0.15) is 62.4 Å². The molecule has 0 radical (unpaired) electrons. The lowest BCUT2D eigenvalue weighted by molar-refractivity contribution is -0.123. The van der Waals surface area contributed by atoms with Crippen LogP contribution in [0.15, 0.2) is 53.3 Å². The second-order valence-electron chi connectivity index (χ2n) is 12.1. The van der Waals surface area contributed by atoms with Gasteiger partial charge in [0.15, 0.2) is 11.5 Å². The summed E-state index contributed by atoms with van der Waals surface area (Å²) >= 11 is 1.63. The number of ether oxygens (including phenoxy) is 4. The van der Waals surface area contributed by atoms with Crippen molar-refractivity contribution in [2.75, 3.05) is 45.8 Å². The monoisotopic (exact) mass is 677 g/mol. The predicted molar refractivity (Wildman–Crippen MR) is 192 cm³/mol. The molecule has 0 fully saturated rings. The number of benzene rings is 2. The van der Waals surface area contributed by atoms with Crippen molar-refractivity contribution in [1.29, 1.82) is 0 Å². The van der Waals surface area contributed by atoms with Gasteiger partial charge in [-0.2, -0.15) is 11.8 Å². The third-order valence-corrected chi connectivity index (χ3v) is 9.26. The van der Waals surface area contributed by atoms with Crippen LogP contribution in [0.4, 0.5) is 5.69 Å². The minimum absolute atomic E-state index is 0.111. The summed E-state index contributed by atoms with van der Waals surface area (Å²) in [7, 11) is 6.30. The Morgan fingerprint density at radius 1 is 0.938 bits per heavy atom. The summed E-state index contributed by atoms with van der Waals surface area (Å²) in [6.07, 6.45) is 3.63. The fourth-order valence-corrected chi connectivity index (χ4v) is 6.69. The third-order valence-electron chi connectivity index (χ3n) is 8.61. The average Bonchev–Trinajstić information content (AvgIpc) is 3.32. The van der Waals surface area contributed by atoms with E-state index in [1.807, 2.05) is 42.7 Å². The first-order valence-electron chi connectivity index (χ1n) is 16.0. The van der Waals surface area contributed by atoms with E-state index in [-0.39, 0.29) is 34.9 Å². The van der Waals surface area contributed by atoms with E-state index in [2.05, 4.69) is 29.8 Å². The predicted octanol–water partition coefficient (Wildman–Crippen LogP) is 5.92. The van der Waals surface area contributed by atoms with Crippen LogP contribution < -0.4 is 40.3 Å². The maximum absolute atomic E-state index is 14.0. The summed E-state index contributed by atoms with van der Waals surface area (Å²) in [5.74, 6) is 2.58. The van der Waals surface area contributed by atoms with Crippen molar-refractivity contribution in [3.05, 3.63) is 75.4 Å². The molecule has 2 amide bonds. The van der Waals surface area contributed by atoms with Crippen LogP contribution in [-0.2, 0) is 16.0 Å². The van der Waals surface area contributed by atoms with E-state index in [0.29, 0.717) is 53.4 Å². The van der Waals surface area contributed by atoms with E-state index in [1.54, 1.807) is 52.3 Å². The maximum atomic E-state index is 14.0. The van der Waals surface area contributed by atoms with Crippen molar-refractivity contribution in [2.45, 2.75) is 58.2 Å². The Hall–Kier alpha value is -4.38. The fourth-order valence-electron chi connectivity index (χ4n) is 6.22. The number of hydrogen-bond donors (Lipinski definition) is 3. The van der Waals surface area contributed by atoms with Gasteiger partial charge in [0.05, 0.1) is 46.2 Å². The van der Waals surface area contributed by atoms with Gasteiger partial charge in [-0.3, -0.25) is 14.4 Å². The van der Waals surface area contributed by atoms with E-state index < -0.39 is 12.1 Å². The van der Waals surface area contributed by atoms with Gasteiger partial charge in [-0.05, 0) is 89.8 Å². The molecule has 0 bridgehead atoms. The summed E-state index contributed by atoms with van der Waals surface area (Å²) < 4.78 is 22.5. The lowest BCUT2D eigenvalue weighted by atomic mass is 9.95. The lowest BCUT2D eigenvalue weighted by Gasteiger charge is -2.26. The summed E-state index contributed by atoms with van der Waals surface area (Å²) in [5.41, 5.74) is 4.00. The Morgan fingerprint density at radius 2 is 1.65 bits per heavy atom. The molecule has 4 rings (SSSR count). The second kappa shape index (κ2) is 16.6. The van der Waals surface area contributed by atoms with Crippen molar-refractivity contribution in [1.82, 2.24) is 10.6 Å². The standard InChI is InChI=1S/C37H47N3O7S/c1-21(2)34(23-9-12-25(44-4)13-10-23)40-37(43)30(17-18-48-8)39-29-16-14-26-27(20-31(29)42)28(38-22(3)41)15-11-24-19-32(45-5)35(46-6)36(47-7)33(24)26/h9-10,12-14,16,19-21,28,30,34H,11,15,17-18H2,1-8H3,(H,38,41)(H,39,42)(H,40,43)/t28-,30-,34+/m0/s1. The molecule has 3 atom stereocenters. The van der Waals surface area contributed by atoms with Crippen molar-refractivity contribution >= 4 is 29.3 Å².